The van der Waals surface area contributed by atoms with Crippen molar-refractivity contribution >= 4 is 11.6 Å². The summed E-state index contributed by atoms with van der Waals surface area (Å²) in [4.78, 5) is 16.6. The van der Waals surface area contributed by atoms with Crippen LogP contribution in [0.25, 0.3) is 5.69 Å². The Kier molecular flexibility index (Phi) is 5.29. The van der Waals surface area contributed by atoms with Crippen molar-refractivity contribution in [1.82, 2.24) is 14.8 Å². The molecule has 144 valence electrons. The van der Waals surface area contributed by atoms with Gasteiger partial charge in [0.2, 0.25) is 0 Å². The Morgan fingerprint density at radius 2 is 1.76 bits per heavy atom. The number of anilines is 1. The Labute approximate surface area is 166 Å². The zero-order valence-electron chi connectivity index (χ0n) is 15.3. The molecule has 0 radical (unpaired) electrons. The van der Waals surface area contributed by atoms with Gasteiger partial charge >= 0.3 is 0 Å². The van der Waals surface area contributed by atoms with Gasteiger partial charge in [-0.25, -0.2) is 14.1 Å². The second-order valence-electron chi connectivity index (χ2n) is 6.25. The normalized spacial score (nSPS) is 10.5. The van der Waals surface area contributed by atoms with Gasteiger partial charge in [0.1, 0.15) is 30.8 Å². The molecule has 0 saturated heterocycles. The third-order valence-corrected chi connectivity index (χ3v) is 4.25. The smallest absolute Gasteiger partial charge is 0.259 e. The first-order valence-corrected chi connectivity index (χ1v) is 8.92. The summed E-state index contributed by atoms with van der Waals surface area (Å²) in [5.74, 6) is -0.134. The molecule has 0 aliphatic carbocycles. The highest BCUT2D eigenvalue weighted by Crippen LogP contribution is 2.21. The van der Waals surface area contributed by atoms with E-state index in [2.05, 4.69) is 15.4 Å². The van der Waals surface area contributed by atoms with Crippen LogP contribution in [0.2, 0.25) is 0 Å². The molecule has 6 nitrogen and oxygen atoms in total. The van der Waals surface area contributed by atoms with Gasteiger partial charge in [-0.15, -0.1) is 0 Å². The van der Waals surface area contributed by atoms with Crippen LogP contribution < -0.4 is 10.1 Å². The first-order valence-electron chi connectivity index (χ1n) is 8.92. The SMILES string of the molecule is O=C(Nc1ccc(-n2cncn2)cc1)c1ccccc1OCc1ccc(F)cc1. The zero-order valence-corrected chi connectivity index (χ0v) is 15.3. The highest BCUT2D eigenvalue weighted by atomic mass is 19.1. The fourth-order valence-corrected chi connectivity index (χ4v) is 2.76. The van der Waals surface area contributed by atoms with E-state index in [0.29, 0.717) is 17.0 Å². The average Bonchev–Trinajstić information content (AvgIpc) is 3.29. The van der Waals surface area contributed by atoms with E-state index in [1.165, 1.54) is 18.5 Å². The number of benzene rings is 3. The number of aromatic nitrogens is 3. The van der Waals surface area contributed by atoms with Crippen LogP contribution in [0.5, 0.6) is 5.75 Å². The lowest BCUT2D eigenvalue weighted by Gasteiger charge is -2.12. The molecule has 1 heterocycles. The zero-order chi connectivity index (χ0) is 20.1. The Morgan fingerprint density at radius 3 is 2.48 bits per heavy atom. The van der Waals surface area contributed by atoms with E-state index in [1.807, 2.05) is 12.1 Å². The number of nitrogens with one attached hydrogen (secondary N) is 1. The molecule has 0 bridgehead atoms. The first-order chi connectivity index (χ1) is 14.2. The lowest BCUT2D eigenvalue weighted by atomic mass is 10.1. The number of nitrogens with zero attached hydrogens (tertiary/aromatic N) is 3. The molecule has 0 spiro atoms. The Bertz CT molecular complexity index is 1090. The highest BCUT2D eigenvalue weighted by Gasteiger charge is 2.13. The van der Waals surface area contributed by atoms with Crippen LogP contribution >= 0.6 is 0 Å². The van der Waals surface area contributed by atoms with Gasteiger partial charge in [-0.3, -0.25) is 4.79 Å². The van der Waals surface area contributed by atoms with Gasteiger partial charge < -0.3 is 10.1 Å². The quantitative estimate of drug-likeness (QED) is 0.536. The maximum atomic E-state index is 13.0. The number of carbonyl (C=O) groups is 1. The molecule has 3 aromatic carbocycles. The summed E-state index contributed by atoms with van der Waals surface area (Å²) in [6.07, 6.45) is 3.06. The van der Waals surface area contributed by atoms with Crippen LogP contribution in [0.1, 0.15) is 15.9 Å². The van der Waals surface area contributed by atoms with Crippen LogP contribution in [-0.2, 0) is 6.61 Å². The topological polar surface area (TPSA) is 69.0 Å². The average molecular weight is 388 g/mol. The van der Waals surface area contributed by atoms with Crippen LogP contribution in [0, 0.1) is 5.82 Å². The Hall–Kier alpha value is -4.00. The number of ether oxygens (including phenoxy) is 1. The van der Waals surface area contributed by atoms with Crippen molar-refractivity contribution in [2.24, 2.45) is 0 Å². The van der Waals surface area contributed by atoms with Crippen molar-refractivity contribution < 1.29 is 13.9 Å². The minimum atomic E-state index is -0.302. The monoisotopic (exact) mass is 388 g/mol. The van der Waals surface area contributed by atoms with Crippen LogP contribution in [-0.4, -0.2) is 20.7 Å². The molecule has 0 fully saturated rings. The van der Waals surface area contributed by atoms with Crippen molar-refractivity contribution in [1.29, 1.82) is 0 Å². The standard InChI is InChI=1S/C22H17FN4O2/c23-17-7-5-16(6-8-17)13-29-21-4-2-1-3-20(21)22(28)26-18-9-11-19(12-10-18)27-15-24-14-25-27/h1-12,14-15H,13H2,(H,26,28). The number of rotatable bonds is 6. The second-order valence-corrected chi connectivity index (χ2v) is 6.25. The maximum Gasteiger partial charge on any atom is 0.259 e. The fraction of sp³-hybridized carbons (Fsp3) is 0.0455. The van der Waals surface area contributed by atoms with Gasteiger partial charge in [0, 0.05) is 5.69 Å². The molecule has 1 aromatic heterocycles. The second kappa shape index (κ2) is 8.35. The van der Waals surface area contributed by atoms with Gasteiger partial charge in [-0.2, -0.15) is 5.10 Å². The molecule has 4 rings (SSSR count). The van der Waals surface area contributed by atoms with Crippen LogP contribution in [0.3, 0.4) is 0 Å². The van der Waals surface area contributed by atoms with E-state index in [0.717, 1.165) is 11.3 Å². The van der Waals surface area contributed by atoms with E-state index >= 15 is 0 Å². The fourth-order valence-electron chi connectivity index (χ4n) is 2.76. The lowest BCUT2D eigenvalue weighted by Crippen LogP contribution is -2.13. The molecule has 4 aromatic rings. The predicted molar refractivity (Wildman–Crippen MR) is 106 cm³/mol. The largest absolute Gasteiger partial charge is 0.488 e. The number of hydrogen-bond acceptors (Lipinski definition) is 4. The van der Waals surface area contributed by atoms with Crippen molar-refractivity contribution in [3.8, 4) is 11.4 Å². The number of hydrogen-bond donors (Lipinski definition) is 1. The van der Waals surface area contributed by atoms with Gasteiger partial charge in [0.05, 0.1) is 11.3 Å². The van der Waals surface area contributed by atoms with Gasteiger partial charge in [0.25, 0.3) is 5.91 Å². The first kappa shape index (κ1) is 18.4. The van der Waals surface area contributed by atoms with E-state index in [-0.39, 0.29) is 18.3 Å². The summed E-state index contributed by atoms with van der Waals surface area (Å²) in [5, 5.41) is 6.93. The maximum absolute atomic E-state index is 13.0. The van der Waals surface area contributed by atoms with Crippen molar-refractivity contribution in [2.75, 3.05) is 5.32 Å². The summed E-state index contributed by atoms with van der Waals surface area (Å²) in [5.41, 5.74) is 2.70. The molecular weight excluding hydrogens is 371 g/mol. The summed E-state index contributed by atoms with van der Waals surface area (Å²) in [6, 6.07) is 20.3. The van der Waals surface area contributed by atoms with Gasteiger partial charge in [-0.1, -0.05) is 24.3 Å². The summed E-state index contributed by atoms with van der Waals surface area (Å²) >= 11 is 0. The van der Waals surface area contributed by atoms with E-state index < -0.39 is 0 Å². The molecule has 1 N–H and O–H groups in total. The van der Waals surface area contributed by atoms with Gasteiger partial charge in [-0.05, 0) is 54.1 Å². The Morgan fingerprint density at radius 1 is 1.00 bits per heavy atom. The molecule has 0 aliphatic heterocycles. The molecule has 0 saturated carbocycles. The minimum absolute atomic E-state index is 0.233. The summed E-state index contributed by atoms with van der Waals surface area (Å²) < 4.78 is 20.4. The van der Waals surface area contributed by atoms with E-state index in [1.54, 1.807) is 59.5 Å². The molecule has 0 unspecified atom stereocenters. The molecule has 0 aliphatic rings. The van der Waals surface area contributed by atoms with E-state index in [9.17, 15) is 9.18 Å². The third-order valence-electron chi connectivity index (χ3n) is 4.25. The molecular formula is C22H17FN4O2. The van der Waals surface area contributed by atoms with Gasteiger partial charge in [0.15, 0.2) is 0 Å². The number of carbonyl (C=O) groups excluding carboxylic acids is 1. The third kappa shape index (κ3) is 4.47. The summed E-state index contributed by atoms with van der Waals surface area (Å²) in [6.45, 7) is 0.233. The van der Waals surface area contributed by atoms with Crippen molar-refractivity contribution in [3.63, 3.8) is 0 Å². The minimum Gasteiger partial charge on any atom is -0.488 e. The van der Waals surface area contributed by atoms with E-state index in [4.69, 9.17) is 4.74 Å². The predicted octanol–water partition coefficient (Wildman–Crippen LogP) is 4.24. The van der Waals surface area contributed by atoms with Crippen LogP contribution in [0.4, 0.5) is 10.1 Å². The molecule has 1 amide bonds. The van der Waals surface area contributed by atoms with Crippen molar-refractivity contribution in [3.05, 3.63) is 102 Å². The molecule has 0 atom stereocenters. The molecule has 7 heteroatoms. The molecule has 29 heavy (non-hydrogen) atoms. The lowest BCUT2D eigenvalue weighted by molar-refractivity contribution is 0.102. The number of amides is 1. The Balaban J connectivity index is 1.45. The number of para-hydroxylation sites is 1. The van der Waals surface area contributed by atoms with Crippen LogP contribution in [0.15, 0.2) is 85.5 Å². The summed E-state index contributed by atoms with van der Waals surface area (Å²) in [7, 11) is 0. The highest BCUT2D eigenvalue weighted by molar-refractivity contribution is 6.06. The van der Waals surface area contributed by atoms with Crippen molar-refractivity contribution in [2.45, 2.75) is 6.61 Å². The number of halogens is 1.